The molecule has 1 saturated heterocycles. The van der Waals surface area contributed by atoms with Crippen LogP contribution in [0.5, 0.6) is 5.75 Å². The molecular formula is C13H20IN3O2. The maximum absolute atomic E-state index is 5.84. The minimum Gasteiger partial charge on any atom is -0.495 e. The number of nitrogens with one attached hydrogen (secondary N) is 1. The van der Waals surface area contributed by atoms with E-state index >= 15 is 0 Å². The number of hydrogen-bond donors (Lipinski definition) is 2. The Morgan fingerprint density at radius 1 is 1.53 bits per heavy atom. The monoisotopic (exact) mass is 377 g/mol. The maximum atomic E-state index is 5.84. The number of ether oxygens (including phenoxy) is 2. The maximum Gasteiger partial charge on any atom is 0.193 e. The first kappa shape index (κ1) is 16.0. The van der Waals surface area contributed by atoms with Crippen LogP contribution in [-0.4, -0.2) is 32.3 Å². The van der Waals surface area contributed by atoms with E-state index in [-0.39, 0.29) is 30.1 Å². The van der Waals surface area contributed by atoms with Gasteiger partial charge in [-0.25, -0.2) is 0 Å². The molecule has 19 heavy (non-hydrogen) atoms. The molecule has 106 valence electrons. The zero-order chi connectivity index (χ0) is 12.8. The fourth-order valence-corrected chi connectivity index (χ4v) is 1.91. The molecule has 0 saturated carbocycles. The second-order valence-corrected chi connectivity index (χ2v) is 4.19. The highest BCUT2D eigenvalue weighted by molar-refractivity contribution is 14.0. The number of guanidine groups is 1. The van der Waals surface area contributed by atoms with E-state index in [9.17, 15) is 0 Å². The van der Waals surface area contributed by atoms with Crippen LogP contribution < -0.4 is 15.8 Å². The standard InChI is InChI=1S/C13H19N3O2.HI/c1-17-12-7-3-2-6-11(12)16-13(14)15-9-10-5-4-8-18-10;/h2-3,6-7,10H,4-5,8-9H2,1H3,(H3,14,15,16);1H. The van der Waals surface area contributed by atoms with Gasteiger partial charge in [0.1, 0.15) is 5.75 Å². The minimum absolute atomic E-state index is 0. The Morgan fingerprint density at radius 2 is 2.32 bits per heavy atom. The summed E-state index contributed by atoms with van der Waals surface area (Å²) < 4.78 is 10.7. The second-order valence-electron chi connectivity index (χ2n) is 4.19. The Hall–Kier alpha value is -1.02. The van der Waals surface area contributed by atoms with Crippen molar-refractivity contribution in [3.05, 3.63) is 24.3 Å². The van der Waals surface area contributed by atoms with Crippen molar-refractivity contribution < 1.29 is 9.47 Å². The summed E-state index contributed by atoms with van der Waals surface area (Å²) in [4.78, 5) is 4.28. The number of aliphatic imine (C=N–C) groups is 1. The number of nitrogens with zero attached hydrogens (tertiary/aromatic N) is 1. The van der Waals surface area contributed by atoms with Crippen LogP contribution in [-0.2, 0) is 4.74 Å². The number of nitrogens with two attached hydrogens (primary N) is 1. The van der Waals surface area contributed by atoms with Crippen LogP contribution in [0.25, 0.3) is 0 Å². The molecule has 0 radical (unpaired) electrons. The summed E-state index contributed by atoms with van der Waals surface area (Å²) in [5.74, 6) is 1.13. The molecule has 0 aromatic heterocycles. The van der Waals surface area contributed by atoms with Crippen molar-refractivity contribution in [3.8, 4) is 5.75 Å². The molecule has 1 heterocycles. The van der Waals surface area contributed by atoms with Crippen molar-refractivity contribution in [2.45, 2.75) is 18.9 Å². The summed E-state index contributed by atoms with van der Waals surface area (Å²) in [5.41, 5.74) is 6.65. The largest absolute Gasteiger partial charge is 0.495 e. The molecule has 3 N–H and O–H groups in total. The molecule has 1 aliphatic heterocycles. The van der Waals surface area contributed by atoms with Crippen molar-refractivity contribution in [2.75, 3.05) is 25.6 Å². The Labute approximate surface area is 130 Å². The van der Waals surface area contributed by atoms with E-state index in [2.05, 4.69) is 10.3 Å². The molecule has 1 aromatic carbocycles. The van der Waals surface area contributed by atoms with Crippen molar-refractivity contribution in [3.63, 3.8) is 0 Å². The molecule has 1 fully saturated rings. The second kappa shape index (κ2) is 8.21. The molecule has 0 spiro atoms. The molecule has 2 rings (SSSR count). The zero-order valence-corrected chi connectivity index (χ0v) is 13.3. The first-order valence-electron chi connectivity index (χ1n) is 6.11. The lowest BCUT2D eigenvalue weighted by Crippen LogP contribution is -2.25. The topological polar surface area (TPSA) is 68.9 Å². The van der Waals surface area contributed by atoms with E-state index in [1.807, 2.05) is 24.3 Å². The first-order chi connectivity index (χ1) is 8.79. The minimum atomic E-state index is 0. The summed E-state index contributed by atoms with van der Waals surface area (Å²) in [6, 6.07) is 7.59. The van der Waals surface area contributed by atoms with Gasteiger partial charge in [-0.3, -0.25) is 4.99 Å². The Morgan fingerprint density at radius 3 is 3.00 bits per heavy atom. The SMILES string of the molecule is COc1ccccc1NC(N)=NCC1CCCO1.I. The molecule has 0 bridgehead atoms. The molecule has 0 amide bonds. The van der Waals surface area contributed by atoms with Crippen molar-refractivity contribution in [1.29, 1.82) is 0 Å². The quantitative estimate of drug-likeness (QED) is 0.480. The lowest BCUT2D eigenvalue weighted by atomic mass is 10.2. The highest BCUT2D eigenvalue weighted by atomic mass is 127. The lowest BCUT2D eigenvalue weighted by Gasteiger charge is -2.11. The first-order valence-corrected chi connectivity index (χ1v) is 6.11. The number of methoxy groups -OCH3 is 1. The summed E-state index contributed by atoms with van der Waals surface area (Å²) in [7, 11) is 1.63. The average Bonchev–Trinajstić information content (AvgIpc) is 2.90. The van der Waals surface area contributed by atoms with E-state index in [1.54, 1.807) is 7.11 Å². The average molecular weight is 377 g/mol. The number of para-hydroxylation sites is 2. The fourth-order valence-electron chi connectivity index (χ4n) is 1.91. The summed E-state index contributed by atoms with van der Waals surface area (Å²) in [6.45, 7) is 1.44. The van der Waals surface area contributed by atoms with Crippen LogP contribution >= 0.6 is 24.0 Å². The Bertz CT molecular complexity index is 420. The fraction of sp³-hybridized carbons (Fsp3) is 0.462. The van der Waals surface area contributed by atoms with Gasteiger partial charge < -0.3 is 20.5 Å². The van der Waals surface area contributed by atoms with E-state index in [0.29, 0.717) is 12.5 Å². The van der Waals surface area contributed by atoms with E-state index in [1.165, 1.54) is 0 Å². The normalized spacial score (nSPS) is 18.8. The van der Waals surface area contributed by atoms with Crippen molar-refractivity contribution in [2.24, 2.45) is 10.7 Å². The van der Waals surface area contributed by atoms with E-state index in [4.69, 9.17) is 15.2 Å². The van der Waals surface area contributed by atoms with Gasteiger partial charge >= 0.3 is 0 Å². The zero-order valence-electron chi connectivity index (χ0n) is 11.0. The molecule has 1 atom stereocenters. The van der Waals surface area contributed by atoms with E-state index < -0.39 is 0 Å². The van der Waals surface area contributed by atoms with Crippen LogP contribution in [0.4, 0.5) is 5.69 Å². The molecule has 1 unspecified atom stereocenters. The molecule has 5 nitrogen and oxygen atoms in total. The summed E-state index contributed by atoms with van der Waals surface area (Å²) in [6.07, 6.45) is 2.38. The highest BCUT2D eigenvalue weighted by Crippen LogP contribution is 2.22. The van der Waals surface area contributed by atoms with Gasteiger partial charge in [-0.05, 0) is 25.0 Å². The molecule has 1 aromatic rings. The predicted octanol–water partition coefficient (Wildman–Crippen LogP) is 2.22. The number of benzene rings is 1. The van der Waals surface area contributed by atoms with Gasteiger partial charge in [0.15, 0.2) is 5.96 Å². The third kappa shape index (κ3) is 4.87. The smallest absolute Gasteiger partial charge is 0.193 e. The lowest BCUT2D eigenvalue weighted by molar-refractivity contribution is 0.118. The molecule has 0 aliphatic carbocycles. The number of anilines is 1. The highest BCUT2D eigenvalue weighted by Gasteiger charge is 2.14. The molecule has 1 aliphatic rings. The third-order valence-corrected chi connectivity index (χ3v) is 2.86. The number of halogens is 1. The van der Waals surface area contributed by atoms with Gasteiger partial charge in [-0.2, -0.15) is 0 Å². The van der Waals surface area contributed by atoms with Crippen molar-refractivity contribution in [1.82, 2.24) is 0 Å². The van der Waals surface area contributed by atoms with Crippen LogP contribution in [0.2, 0.25) is 0 Å². The Kier molecular flexibility index (Phi) is 6.93. The van der Waals surface area contributed by atoms with Crippen molar-refractivity contribution >= 4 is 35.6 Å². The van der Waals surface area contributed by atoms with Gasteiger partial charge in [-0.1, -0.05) is 12.1 Å². The van der Waals surface area contributed by atoms with Gasteiger partial charge in [0.25, 0.3) is 0 Å². The van der Waals surface area contributed by atoms with E-state index in [0.717, 1.165) is 30.9 Å². The van der Waals surface area contributed by atoms with Gasteiger partial charge in [-0.15, -0.1) is 24.0 Å². The Balaban J connectivity index is 0.00000180. The molecule has 6 heteroatoms. The molecular weight excluding hydrogens is 357 g/mol. The number of hydrogen-bond acceptors (Lipinski definition) is 3. The summed E-state index contributed by atoms with van der Waals surface area (Å²) >= 11 is 0. The van der Waals surface area contributed by atoms with Crippen LogP contribution in [0.1, 0.15) is 12.8 Å². The predicted molar refractivity (Wildman–Crippen MR) is 87.5 cm³/mol. The van der Waals surface area contributed by atoms with Crippen LogP contribution in [0.3, 0.4) is 0 Å². The van der Waals surface area contributed by atoms with Crippen LogP contribution in [0, 0.1) is 0 Å². The summed E-state index contributed by atoms with van der Waals surface area (Å²) in [5, 5.41) is 3.03. The van der Waals surface area contributed by atoms with Crippen LogP contribution in [0.15, 0.2) is 29.3 Å². The third-order valence-electron chi connectivity index (χ3n) is 2.86. The van der Waals surface area contributed by atoms with Gasteiger partial charge in [0.2, 0.25) is 0 Å². The van der Waals surface area contributed by atoms with Gasteiger partial charge in [0.05, 0.1) is 25.4 Å². The number of rotatable bonds is 4. The van der Waals surface area contributed by atoms with Gasteiger partial charge in [0, 0.05) is 6.61 Å².